The van der Waals surface area contributed by atoms with Gasteiger partial charge in [0.2, 0.25) is 5.91 Å². The number of benzene rings is 2. The van der Waals surface area contributed by atoms with Crippen molar-refractivity contribution in [2.24, 2.45) is 0 Å². The molecule has 3 amide bonds. The van der Waals surface area contributed by atoms with Crippen LogP contribution in [0.3, 0.4) is 0 Å². The van der Waals surface area contributed by atoms with E-state index in [1.165, 1.54) is 5.56 Å². The van der Waals surface area contributed by atoms with Crippen molar-refractivity contribution in [2.75, 3.05) is 12.4 Å². The summed E-state index contributed by atoms with van der Waals surface area (Å²) in [6.45, 7) is 8.65. The van der Waals surface area contributed by atoms with Gasteiger partial charge >= 0.3 is 6.03 Å². The van der Waals surface area contributed by atoms with Gasteiger partial charge in [0.05, 0.1) is 6.04 Å². The number of nitrogens with one attached hydrogen (secondary N) is 2. The van der Waals surface area contributed by atoms with E-state index in [4.69, 9.17) is 0 Å². The number of hydrogen-bond acceptors (Lipinski definition) is 2. The van der Waals surface area contributed by atoms with Crippen molar-refractivity contribution in [3.05, 3.63) is 65.2 Å². The molecule has 5 heteroatoms. The van der Waals surface area contributed by atoms with E-state index < -0.39 is 0 Å². The second-order valence-corrected chi connectivity index (χ2v) is 7.45. The highest BCUT2D eigenvalue weighted by Gasteiger charge is 2.14. The quantitative estimate of drug-likeness (QED) is 0.704. The van der Waals surface area contributed by atoms with E-state index in [-0.39, 0.29) is 18.0 Å². The van der Waals surface area contributed by atoms with Crippen LogP contribution in [0.5, 0.6) is 0 Å². The van der Waals surface area contributed by atoms with Gasteiger partial charge in [-0.3, -0.25) is 4.79 Å². The van der Waals surface area contributed by atoms with Gasteiger partial charge in [0.1, 0.15) is 0 Å². The van der Waals surface area contributed by atoms with Gasteiger partial charge in [0.15, 0.2) is 0 Å². The van der Waals surface area contributed by atoms with Gasteiger partial charge in [-0.2, -0.15) is 0 Å². The lowest BCUT2D eigenvalue weighted by atomic mass is 10.0. The third kappa shape index (κ3) is 6.12. The van der Waals surface area contributed by atoms with E-state index in [9.17, 15) is 9.59 Å². The Labute approximate surface area is 168 Å². The van der Waals surface area contributed by atoms with Crippen molar-refractivity contribution >= 4 is 17.6 Å². The number of rotatable bonds is 7. The predicted octanol–water partition coefficient (Wildman–Crippen LogP) is 5.06. The maximum atomic E-state index is 12.5. The van der Waals surface area contributed by atoms with Crippen LogP contribution in [0.25, 0.3) is 0 Å². The molecular weight excluding hydrogens is 350 g/mol. The number of nitrogens with zero attached hydrogens (tertiary/aromatic N) is 1. The fraction of sp³-hybridized carbons (Fsp3) is 0.391. The third-order valence-electron chi connectivity index (χ3n) is 4.77. The molecular formula is C23H31N3O2. The van der Waals surface area contributed by atoms with Gasteiger partial charge in [-0.25, -0.2) is 4.79 Å². The highest BCUT2D eigenvalue weighted by molar-refractivity contribution is 5.90. The molecule has 5 nitrogen and oxygen atoms in total. The monoisotopic (exact) mass is 381 g/mol. The molecule has 0 aliphatic heterocycles. The highest BCUT2D eigenvalue weighted by Crippen LogP contribution is 2.18. The molecule has 0 saturated carbocycles. The molecule has 2 aromatic rings. The van der Waals surface area contributed by atoms with E-state index in [0.717, 1.165) is 16.8 Å². The highest BCUT2D eigenvalue weighted by atomic mass is 16.2. The number of amides is 3. The van der Waals surface area contributed by atoms with Crippen LogP contribution in [-0.2, 0) is 11.3 Å². The van der Waals surface area contributed by atoms with Crippen LogP contribution in [-0.4, -0.2) is 23.9 Å². The molecule has 1 unspecified atom stereocenters. The van der Waals surface area contributed by atoms with Crippen molar-refractivity contribution in [3.8, 4) is 0 Å². The molecule has 2 aromatic carbocycles. The lowest BCUT2D eigenvalue weighted by Crippen LogP contribution is -2.38. The molecule has 2 rings (SSSR count). The van der Waals surface area contributed by atoms with Crippen LogP contribution >= 0.6 is 0 Å². The molecule has 0 aliphatic carbocycles. The Hall–Kier alpha value is -2.82. The zero-order valence-electron chi connectivity index (χ0n) is 17.5. The Balaban J connectivity index is 1.90. The third-order valence-corrected chi connectivity index (χ3v) is 4.77. The Morgan fingerprint density at radius 1 is 0.929 bits per heavy atom. The minimum Gasteiger partial charge on any atom is -0.331 e. The van der Waals surface area contributed by atoms with E-state index in [1.807, 2.05) is 38.1 Å². The SMILES string of the molecule is CCC(=O)Nc1ccc(C(C)NC(=O)N(C)Cc2ccc(C(C)C)cc2)cc1. The minimum absolute atomic E-state index is 0.0165. The van der Waals surface area contributed by atoms with E-state index >= 15 is 0 Å². The largest absolute Gasteiger partial charge is 0.331 e. The van der Waals surface area contributed by atoms with Crippen LogP contribution in [0, 0.1) is 0 Å². The smallest absolute Gasteiger partial charge is 0.317 e. The molecule has 0 saturated heterocycles. The number of urea groups is 1. The molecule has 0 aromatic heterocycles. The molecule has 0 radical (unpaired) electrons. The Kier molecular flexibility index (Phi) is 7.61. The standard InChI is InChI=1S/C23H31N3O2/c1-6-22(27)25-21-13-11-20(12-14-21)17(4)24-23(28)26(5)15-18-7-9-19(10-8-18)16(2)3/h7-14,16-17H,6,15H2,1-5H3,(H,24,28)(H,25,27). The second-order valence-electron chi connectivity index (χ2n) is 7.45. The van der Waals surface area contributed by atoms with Crippen molar-refractivity contribution in [1.82, 2.24) is 10.2 Å². The Bertz CT molecular complexity index is 782. The first kappa shape index (κ1) is 21.5. The number of carbonyl (C=O) groups is 2. The molecule has 0 bridgehead atoms. The maximum Gasteiger partial charge on any atom is 0.317 e. The van der Waals surface area contributed by atoms with Crippen molar-refractivity contribution in [3.63, 3.8) is 0 Å². The zero-order chi connectivity index (χ0) is 20.7. The molecule has 0 spiro atoms. The summed E-state index contributed by atoms with van der Waals surface area (Å²) in [5, 5.41) is 5.84. The van der Waals surface area contributed by atoms with Gasteiger partial charge in [0, 0.05) is 25.7 Å². The molecule has 2 N–H and O–H groups in total. The summed E-state index contributed by atoms with van der Waals surface area (Å²) >= 11 is 0. The first-order valence-electron chi connectivity index (χ1n) is 9.80. The molecule has 1 atom stereocenters. The van der Waals surface area contributed by atoms with Crippen molar-refractivity contribution in [2.45, 2.75) is 52.6 Å². The Morgan fingerprint density at radius 3 is 2.04 bits per heavy atom. The first-order valence-corrected chi connectivity index (χ1v) is 9.80. The van der Waals surface area contributed by atoms with Crippen LogP contribution in [0.15, 0.2) is 48.5 Å². The first-order chi connectivity index (χ1) is 13.3. The summed E-state index contributed by atoms with van der Waals surface area (Å²) < 4.78 is 0. The van der Waals surface area contributed by atoms with Gasteiger partial charge in [-0.1, -0.05) is 57.2 Å². The lowest BCUT2D eigenvalue weighted by molar-refractivity contribution is -0.115. The van der Waals surface area contributed by atoms with Gasteiger partial charge < -0.3 is 15.5 Å². The van der Waals surface area contributed by atoms with Crippen molar-refractivity contribution < 1.29 is 9.59 Å². The predicted molar refractivity (Wildman–Crippen MR) is 114 cm³/mol. The molecule has 0 heterocycles. The van der Waals surface area contributed by atoms with Gasteiger partial charge in [-0.05, 0) is 41.7 Å². The average molecular weight is 382 g/mol. The van der Waals surface area contributed by atoms with Crippen LogP contribution < -0.4 is 10.6 Å². The summed E-state index contributed by atoms with van der Waals surface area (Å²) in [6, 6.07) is 15.7. The molecule has 150 valence electrons. The van der Waals surface area contributed by atoms with Gasteiger partial charge in [-0.15, -0.1) is 0 Å². The fourth-order valence-electron chi connectivity index (χ4n) is 2.84. The van der Waals surface area contributed by atoms with E-state index in [1.54, 1.807) is 11.9 Å². The zero-order valence-corrected chi connectivity index (χ0v) is 17.5. The number of hydrogen-bond donors (Lipinski definition) is 2. The number of carbonyl (C=O) groups excluding carboxylic acids is 2. The number of anilines is 1. The summed E-state index contributed by atoms with van der Waals surface area (Å²) in [4.78, 5) is 25.6. The lowest BCUT2D eigenvalue weighted by Gasteiger charge is -2.22. The van der Waals surface area contributed by atoms with Crippen LogP contribution in [0.2, 0.25) is 0 Å². The van der Waals surface area contributed by atoms with Crippen molar-refractivity contribution in [1.29, 1.82) is 0 Å². The maximum absolute atomic E-state index is 12.5. The van der Waals surface area contributed by atoms with Crippen LogP contribution in [0.4, 0.5) is 10.5 Å². The van der Waals surface area contributed by atoms with Gasteiger partial charge in [0.25, 0.3) is 0 Å². The second kappa shape index (κ2) is 9.93. The van der Waals surface area contributed by atoms with E-state index in [0.29, 0.717) is 18.9 Å². The normalized spacial score (nSPS) is 11.8. The molecule has 0 fully saturated rings. The fourth-order valence-corrected chi connectivity index (χ4v) is 2.84. The Morgan fingerprint density at radius 2 is 1.50 bits per heavy atom. The molecule has 0 aliphatic rings. The summed E-state index contributed by atoms with van der Waals surface area (Å²) in [7, 11) is 1.79. The summed E-state index contributed by atoms with van der Waals surface area (Å²) in [6.07, 6.45) is 0.445. The average Bonchev–Trinajstić information content (AvgIpc) is 2.68. The summed E-state index contributed by atoms with van der Waals surface area (Å²) in [5.41, 5.74) is 4.14. The topological polar surface area (TPSA) is 61.4 Å². The van der Waals surface area contributed by atoms with Crippen LogP contribution in [0.1, 0.15) is 62.8 Å². The minimum atomic E-state index is -0.130. The molecule has 28 heavy (non-hydrogen) atoms. The van der Waals surface area contributed by atoms with E-state index in [2.05, 4.69) is 48.7 Å². The summed E-state index contributed by atoms with van der Waals surface area (Å²) in [5.74, 6) is 0.481.